The van der Waals surface area contributed by atoms with Gasteiger partial charge in [-0.25, -0.2) is 0 Å². The number of hydrogen-bond acceptors (Lipinski definition) is 3. The molecule has 1 aromatic rings. The van der Waals surface area contributed by atoms with Crippen LogP contribution in [0.4, 0.5) is 0 Å². The molecule has 0 aliphatic rings. The van der Waals surface area contributed by atoms with E-state index in [1.807, 2.05) is 13.8 Å². The predicted molar refractivity (Wildman–Crippen MR) is 53.9 cm³/mol. The molecule has 0 aliphatic heterocycles. The lowest BCUT2D eigenvalue weighted by atomic mass is 10.0. The van der Waals surface area contributed by atoms with Gasteiger partial charge in [0.1, 0.15) is 0 Å². The first-order chi connectivity index (χ1) is 6.28. The highest BCUT2D eigenvalue weighted by molar-refractivity contribution is 7.15. The number of carbonyl (C=O) groups excluding carboxylic acids is 2. The Labute approximate surface area is 81.6 Å². The van der Waals surface area contributed by atoms with Gasteiger partial charge in [0, 0.05) is 0 Å². The third kappa shape index (κ3) is 1.70. The van der Waals surface area contributed by atoms with Gasteiger partial charge in [-0.2, -0.15) is 0 Å². The van der Waals surface area contributed by atoms with Gasteiger partial charge in [0.25, 0.3) is 0 Å². The highest BCUT2D eigenvalue weighted by atomic mass is 32.1. The second kappa shape index (κ2) is 4.33. The van der Waals surface area contributed by atoms with E-state index in [0.29, 0.717) is 9.75 Å². The van der Waals surface area contributed by atoms with Crippen molar-refractivity contribution in [2.75, 3.05) is 0 Å². The van der Waals surface area contributed by atoms with Crippen molar-refractivity contribution in [3.8, 4) is 0 Å². The summed E-state index contributed by atoms with van der Waals surface area (Å²) in [6.45, 7) is 4.01. The molecular weight excluding hydrogens is 184 g/mol. The van der Waals surface area contributed by atoms with Crippen LogP contribution in [0.3, 0.4) is 0 Å². The second-order valence-corrected chi connectivity index (χ2v) is 3.81. The summed E-state index contributed by atoms with van der Waals surface area (Å²) in [4.78, 5) is 22.8. The van der Waals surface area contributed by atoms with E-state index in [9.17, 15) is 9.59 Å². The van der Waals surface area contributed by atoms with E-state index in [1.165, 1.54) is 11.3 Å². The van der Waals surface area contributed by atoms with Crippen molar-refractivity contribution in [1.82, 2.24) is 0 Å². The summed E-state index contributed by atoms with van der Waals surface area (Å²) in [7, 11) is 0. The van der Waals surface area contributed by atoms with Crippen LogP contribution in [0.5, 0.6) is 0 Å². The minimum absolute atomic E-state index is 0.710. The zero-order valence-electron chi connectivity index (χ0n) is 7.79. The molecule has 0 unspecified atom stereocenters. The minimum atomic E-state index is 0.710. The highest BCUT2D eigenvalue weighted by Gasteiger charge is 2.13. The SMILES string of the molecule is CCc1c(C=O)sc(C=O)c1CC. The Morgan fingerprint density at radius 3 is 1.62 bits per heavy atom. The van der Waals surface area contributed by atoms with Crippen molar-refractivity contribution < 1.29 is 9.59 Å². The van der Waals surface area contributed by atoms with Crippen molar-refractivity contribution in [3.05, 3.63) is 20.9 Å². The molecule has 0 aromatic carbocycles. The molecule has 1 rings (SSSR count). The van der Waals surface area contributed by atoms with Gasteiger partial charge in [0.05, 0.1) is 9.75 Å². The van der Waals surface area contributed by atoms with Crippen LogP contribution in [-0.4, -0.2) is 12.6 Å². The van der Waals surface area contributed by atoms with Crippen molar-refractivity contribution in [1.29, 1.82) is 0 Å². The van der Waals surface area contributed by atoms with Crippen LogP contribution in [0.1, 0.15) is 44.3 Å². The predicted octanol–water partition coefficient (Wildman–Crippen LogP) is 2.50. The van der Waals surface area contributed by atoms with Crippen LogP contribution >= 0.6 is 11.3 Å². The molecule has 1 aromatic heterocycles. The quantitative estimate of drug-likeness (QED) is 0.693. The van der Waals surface area contributed by atoms with Crippen LogP contribution in [0.2, 0.25) is 0 Å². The molecule has 1 heterocycles. The number of thiophene rings is 1. The van der Waals surface area contributed by atoms with Gasteiger partial charge in [-0.15, -0.1) is 11.3 Å². The summed E-state index contributed by atoms with van der Waals surface area (Å²) in [6, 6.07) is 0. The standard InChI is InChI=1S/C10H12O2S/c1-3-7-8(4-2)10(6-12)13-9(7)5-11/h5-6H,3-4H2,1-2H3. The lowest BCUT2D eigenvalue weighted by Gasteiger charge is -1.98. The van der Waals surface area contributed by atoms with Gasteiger partial charge in [-0.3, -0.25) is 9.59 Å². The lowest BCUT2D eigenvalue weighted by molar-refractivity contribution is 0.111. The Kier molecular flexibility index (Phi) is 3.37. The van der Waals surface area contributed by atoms with E-state index in [1.54, 1.807) is 0 Å². The molecule has 2 nitrogen and oxygen atoms in total. The van der Waals surface area contributed by atoms with Crippen LogP contribution < -0.4 is 0 Å². The Bertz CT molecular complexity index is 295. The van der Waals surface area contributed by atoms with E-state index in [4.69, 9.17) is 0 Å². The molecule has 13 heavy (non-hydrogen) atoms. The Morgan fingerprint density at radius 2 is 1.38 bits per heavy atom. The summed E-state index contributed by atoms with van der Waals surface area (Å²) < 4.78 is 0. The average molecular weight is 196 g/mol. The summed E-state index contributed by atoms with van der Waals surface area (Å²) >= 11 is 1.30. The third-order valence-corrected chi connectivity index (χ3v) is 3.23. The number of carbonyl (C=O) groups is 2. The molecular formula is C10H12O2S. The molecule has 70 valence electrons. The molecule has 0 spiro atoms. The Morgan fingerprint density at radius 1 is 1.00 bits per heavy atom. The monoisotopic (exact) mass is 196 g/mol. The largest absolute Gasteiger partial charge is 0.297 e. The van der Waals surface area contributed by atoms with Crippen LogP contribution in [0, 0.1) is 0 Å². The molecule has 0 radical (unpaired) electrons. The van der Waals surface area contributed by atoms with Gasteiger partial charge in [-0.1, -0.05) is 13.8 Å². The van der Waals surface area contributed by atoms with Gasteiger partial charge in [-0.05, 0) is 24.0 Å². The third-order valence-electron chi connectivity index (χ3n) is 2.10. The molecule has 3 heteroatoms. The van der Waals surface area contributed by atoms with Crippen molar-refractivity contribution in [2.45, 2.75) is 26.7 Å². The smallest absolute Gasteiger partial charge is 0.160 e. The van der Waals surface area contributed by atoms with Gasteiger partial charge in [0.2, 0.25) is 0 Å². The first-order valence-electron chi connectivity index (χ1n) is 4.33. The Hall–Kier alpha value is -0.960. The van der Waals surface area contributed by atoms with Crippen LogP contribution in [0.15, 0.2) is 0 Å². The fourth-order valence-corrected chi connectivity index (χ4v) is 2.62. The maximum atomic E-state index is 10.7. The van der Waals surface area contributed by atoms with Crippen molar-refractivity contribution in [2.24, 2.45) is 0 Å². The highest BCUT2D eigenvalue weighted by Crippen LogP contribution is 2.27. The number of rotatable bonds is 4. The second-order valence-electron chi connectivity index (χ2n) is 2.73. The molecule has 0 N–H and O–H groups in total. The van der Waals surface area contributed by atoms with Crippen molar-refractivity contribution >= 4 is 23.9 Å². The lowest BCUT2D eigenvalue weighted by Crippen LogP contribution is -1.91. The van der Waals surface area contributed by atoms with Gasteiger partial charge < -0.3 is 0 Å². The zero-order chi connectivity index (χ0) is 9.84. The van der Waals surface area contributed by atoms with E-state index in [2.05, 4.69) is 0 Å². The molecule has 0 saturated carbocycles. The minimum Gasteiger partial charge on any atom is -0.297 e. The zero-order valence-corrected chi connectivity index (χ0v) is 8.61. The summed E-state index contributed by atoms with van der Waals surface area (Å²) in [5.74, 6) is 0. The van der Waals surface area contributed by atoms with E-state index in [0.717, 1.165) is 36.5 Å². The fraction of sp³-hybridized carbons (Fsp3) is 0.400. The van der Waals surface area contributed by atoms with Crippen LogP contribution in [0.25, 0.3) is 0 Å². The molecule has 0 bridgehead atoms. The average Bonchev–Trinajstić information content (AvgIpc) is 2.54. The van der Waals surface area contributed by atoms with E-state index in [-0.39, 0.29) is 0 Å². The molecule has 0 fully saturated rings. The maximum absolute atomic E-state index is 10.7. The fourth-order valence-electron chi connectivity index (χ4n) is 1.50. The first-order valence-corrected chi connectivity index (χ1v) is 5.14. The normalized spacial score (nSPS) is 10.0. The van der Waals surface area contributed by atoms with Gasteiger partial charge in [0.15, 0.2) is 12.6 Å². The molecule has 0 aliphatic carbocycles. The Balaban J connectivity index is 3.33. The van der Waals surface area contributed by atoms with Gasteiger partial charge >= 0.3 is 0 Å². The topological polar surface area (TPSA) is 34.1 Å². The van der Waals surface area contributed by atoms with Crippen LogP contribution in [-0.2, 0) is 12.8 Å². The van der Waals surface area contributed by atoms with E-state index >= 15 is 0 Å². The number of aldehydes is 2. The molecule has 0 saturated heterocycles. The summed E-state index contributed by atoms with van der Waals surface area (Å²) in [5.41, 5.74) is 2.09. The van der Waals surface area contributed by atoms with Crippen molar-refractivity contribution in [3.63, 3.8) is 0 Å². The number of hydrogen-bond donors (Lipinski definition) is 0. The molecule has 0 atom stereocenters. The first kappa shape index (κ1) is 10.1. The maximum Gasteiger partial charge on any atom is 0.160 e. The summed E-state index contributed by atoms with van der Waals surface area (Å²) in [5, 5.41) is 0. The molecule has 0 amide bonds. The van der Waals surface area contributed by atoms with E-state index < -0.39 is 0 Å². The summed E-state index contributed by atoms with van der Waals surface area (Å²) in [6.07, 6.45) is 3.33.